The van der Waals surface area contributed by atoms with Crippen molar-refractivity contribution in [2.24, 2.45) is 0 Å². The Bertz CT molecular complexity index is 2780. The molecule has 0 aliphatic heterocycles. The normalized spacial score (nSPS) is 12.0. The first-order chi connectivity index (χ1) is 23.6. The lowest BCUT2D eigenvalue weighted by Crippen LogP contribution is -1.94. The highest BCUT2D eigenvalue weighted by Crippen LogP contribution is 2.49. The van der Waals surface area contributed by atoms with Crippen LogP contribution in [-0.4, -0.2) is 0 Å². The van der Waals surface area contributed by atoms with Gasteiger partial charge in [0.25, 0.3) is 0 Å². The van der Waals surface area contributed by atoms with Crippen LogP contribution in [0.3, 0.4) is 0 Å². The zero-order valence-corrected chi connectivity index (χ0v) is 26.7. The van der Waals surface area contributed by atoms with E-state index < -0.39 is 0 Å². The molecule has 0 fully saturated rings. The Morgan fingerprint density at radius 3 is 1.42 bits per heavy atom. The average molecular weight is 615 g/mol. The summed E-state index contributed by atoms with van der Waals surface area (Å²) < 4.78 is 13.2. The van der Waals surface area contributed by atoms with Crippen molar-refractivity contribution in [3.8, 4) is 44.9 Å². The number of fused-ring (bicyclic) bond motifs is 2. The first-order valence-corrected chi connectivity index (χ1v) is 16.5. The molecule has 10 rings (SSSR count). The Morgan fingerprint density at radius 2 is 0.854 bits per heavy atom. The smallest absolute Gasteiger partial charge is 0.136 e. The fourth-order valence-corrected chi connectivity index (χ4v) is 7.70. The molecule has 0 aliphatic rings. The molecule has 8 aromatic carbocycles. The van der Waals surface area contributed by atoms with Gasteiger partial charge in [-0.05, 0) is 110 Å². The second-order valence-corrected chi connectivity index (χ2v) is 13.0. The lowest BCUT2D eigenvalue weighted by molar-refractivity contribution is 0.632. The van der Waals surface area contributed by atoms with E-state index in [0.717, 1.165) is 44.6 Å². The van der Waals surface area contributed by atoms with Crippen LogP contribution in [0.1, 0.15) is 11.1 Å². The predicted molar refractivity (Wildman–Crippen MR) is 201 cm³/mol. The van der Waals surface area contributed by atoms with E-state index in [1.165, 1.54) is 65.7 Å². The van der Waals surface area contributed by atoms with Gasteiger partial charge in [0.05, 0.1) is 0 Å². The highest BCUT2D eigenvalue weighted by atomic mass is 16.3. The standard InChI is InChI=1S/C46H30O2/c1-27-15-17-29(18-16-27)37-25-39(43-23-30-10-4-7-13-41(30)47-43)35-22-20-34-38(32-12-6-3-9-28(32)2)26-40(36-21-19-33(37)45(35)46(34)36)44-24-31-11-5-8-14-42(31)48-44/h3-26H,1-2H3. The van der Waals surface area contributed by atoms with Crippen LogP contribution < -0.4 is 0 Å². The molecule has 2 aromatic heterocycles. The molecule has 0 spiro atoms. The van der Waals surface area contributed by atoms with E-state index in [0.29, 0.717) is 0 Å². The van der Waals surface area contributed by atoms with Crippen LogP contribution in [0.5, 0.6) is 0 Å². The predicted octanol–water partition coefficient (Wildman–Crippen LogP) is 13.4. The molecule has 0 bridgehead atoms. The van der Waals surface area contributed by atoms with E-state index in [9.17, 15) is 0 Å². The van der Waals surface area contributed by atoms with E-state index in [4.69, 9.17) is 8.83 Å². The van der Waals surface area contributed by atoms with Gasteiger partial charge in [-0.1, -0.05) is 115 Å². The highest BCUT2D eigenvalue weighted by Gasteiger charge is 2.23. The summed E-state index contributed by atoms with van der Waals surface area (Å²) >= 11 is 0. The van der Waals surface area contributed by atoms with Gasteiger partial charge in [0.2, 0.25) is 0 Å². The number of hydrogen-bond acceptors (Lipinski definition) is 2. The lowest BCUT2D eigenvalue weighted by Gasteiger charge is -2.21. The Morgan fingerprint density at radius 1 is 0.375 bits per heavy atom. The SMILES string of the molecule is Cc1ccc(-c2cc(-c3cc4ccccc4o3)c3ccc4c(-c5ccccc5C)cc(-c5cc6ccccc6o5)c5ccc2c3c54)cc1. The summed E-state index contributed by atoms with van der Waals surface area (Å²) in [5.41, 5.74) is 11.3. The molecule has 10 aromatic rings. The minimum atomic E-state index is 0.874. The maximum Gasteiger partial charge on any atom is 0.136 e. The molecule has 0 N–H and O–H groups in total. The first-order valence-electron chi connectivity index (χ1n) is 16.5. The zero-order valence-electron chi connectivity index (χ0n) is 26.7. The van der Waals surface area contributed by atoms with Crippen LogP contribution >= 0.6 is 0 Å². The second-order valence-electron chi connectivity index (χ2n) is 13.0. The number of furan rings is 2. The van der Waals surface area contributed by atoms with E-state index in [2.05, 4.69) is 135 Å². The van der Waals surface area contributed by atoms with Crippen LogP contribution in [0.2, 0.25) is 0 Å². The monoisotopic (exact) mass is 614 g/mol. The molecule has 2 heteroatoms. The topological polar surface area (TPSA) is 26.3 Å². The summed E-state index contributed by atoms with van der Waals surface area (Å²) in [7, 11) is 0. The molecule has 0 atom stereocenters. The molecule has 0 unspecified atom stereocenters. The summed E-state index contributed by atoms with van der Waals surface area (Å²) in [5, 5.41) is 9.50. The number of hydrogen-bond donors (Lipinski definition) is 0. The summed E-state index contributed by atoms with van der Waals surface area (Å²) in [6.45, 7) is 4.34. The Hall–Kier alpha value is -6.12. The molecular formula is C46H30O2. The zero-order chi connectivity index (χ0) is 31.9. The van der Waals surface area contributed by atoms with Crippen molar-refractivity contribution in [1.29, 1.82) is 0 Å². The third-order valence-electron chi connectivity index (χ3n) is 10.1. The molecule has 2 heterocycles. The summed E-state index contributed by atoms with van der Waals surface area (Å²) in [6.07, 6.45) is 0. The van der Waals surface area contributed by atoms with Gasteiger partial charge in [0.15, 0.2) is 0 Å². The van der Waals surface area contributed by atoms with Crippen LogP contribution in [0, 0.1) is 13.8 Å². The Kier molecular flexibility index (Phi) is 5.74. The van der Waals surface area contributed by atoms with Crippen LogP contribution in [0.15, 0.2) is 154 Å². The third-order valence-corrected chi connectivity index (χ3v) is 10.1. The number of aryl methyl sites for hydroxylation is 2. The molecule has 226 valence electrons. The van der Waals surface area contributed by atoms with Crippen LogP contribution in [-0.2, 0) is 0 Å². The Balaban J connectivity index is 1.39. The van der Waals surface area contributed by atoms with Gasteiger partial charge >= 0.3 is 0 Å². The molecule has 0 saturated carbocycles. The van der Waals surface area contributed by atoms with Gasteiger partial charge in [-0.15, -0.1) is 0 Å². The van der Waals surface area contributed by atoms with Crippen molar-refractivity contribution >= 4 is 54.3 Å². The van der Waals surface area contributed by atoms with Crippen LogP contribution in [0.25, 0.3) is 99.2 Å². The van der Waals surface area contributed by atoms with Gasteiger partial charge in [0.1, 0.15) is 22.7 Å². The van der Waals surface area contributed by atoms with E-state index in [1.54, 1.807) is 0 Å². The van der Waals surface area contributed by atoms with Gasteiger partial charge < -0.3 is 8.83 Å². The molecule has 0 saturated heterocycles. The maximum absolute atomic E-state index is 6.58. The number of benzene rings is 8. The average Bonchev–Trinajstić information content (AvgIpc) is 3.76. The molecule has 0 aliphatic carbocycles. The van der Waals surface area contributed by atoms with E-state index >= 15 is 0 Å². The number of rotatable bonds is 4. The van der Waals surface area contributed by atoms with Crippen molar-refractivity contribution in [2.45, 2.75) is 13.8 Å². The minimum absolute atomic E-state index is 0.874. The second kappa shape index (κ2) is 10.2. The largest absolute Gasteiger partial charge is 0.456 e. The fourth-order valence-electron chi connectivity index (χ4n) is 7.70. The lowest BCUT2D eigenvalue weighted by atomic mass is 9.82. The first kappa shape index (κ1) is 27.0. The molecule has 0 amide bonds. The fraction of sp³-hybridized carbons (Fsp3) is 0.0435. The maximum atomic E-state index is 6.58. The van der Waals surface area contributed by atoms with Crippen molar-refractivity contribution in [2.75, 3.05) is 0 Å². The van der Waals surface area contributed by atoms with E-state index in [-0.39, 0.29) is 0 Å². The molecule has 48 heavy (non-hydrogen) atoms. The molecular weight excluding hydrogens is 585 g/mol. The van der Waals surface area contributed by atoms with Gasteiger partial charge in [0, 0.05) is 21.9 Å². The van der Waals surface area contributed by atoms with Crippen molar-refractivity contribution < 1.29 is 8.83 Å². The van der Waals surface area contributed by atoms with Crippen molar-refractivity contribution in [1.82, 2.24) is 0 Å². The number of para-hydroxylation sites is 2. The summed E-state index contributed by atoms with van der Waals surface area (Å²) in [4.78, 5) is 0. The Labute approximate surface area is 277 Å². The van der Waals surface area contributed by atoms with E-state index in [1.807, 2.05) is 24.3 Å². The highest BCUT2D eigenvalue weighted by molar-refractivity contribution is 6.32. The van der Waals surface area contributed by atoms with Gasteiger partial charge in [-0.2, -0.15) is 0 Å². The quantitative estimate of drug-likeness (QED) is 0.184. The minimum Gasteiger partial charge on any atom is -0.456 e. The van der Waals surface area contributed by atoms with Crippen LogP contribution in [0.4, 0.5) is 0 Å². The van der Waals surface area contributed by atoms with Gasteiger partial charge in [-0.25, -0.2) is 0 Å². The summed E-state index contributed by atoms with van der Waals surface area (Å²) in [5.74, 6) is 1.75. The third kappa shape index (κ3) is 3.99. The molecule has 0 radical (unpaired) electrons. The van der Waals surface area contributed by atoms with Crippen molar-refractivity contribution in [3.63, 3.8) is 0 Å². The summed E-state index contributed by atoms with van der Waals surface area (Å²) in [6, 6.07) is 52.3. The molecule has 2 nitrogen and oxygen atoms in total. The van der Waals surface area contributed by atoms with Gasteiger partial charge in [-0.3, -0.25) is 0 Å². The van der Waals surface area contributed by atoms with Crippen molar-refractivity contribution in [3.05, 3.63) is 157 Å².